The van der Waals surface area contributed by atoms with E-state index in [-0.39, 0.29) is 42.4 Å². The van der Waals surface area contributed by atoms with E-state index in [1.807, 2.05) is 0 Å². The third kappa shape index (κ3) is 11.7. The van der Waals surface area contributed by atoms with Gasteiger partial charge in [0.05, 0.1) is 0 Å². The van der Waals surface area contributed by atoms with E-state index in [1.54, 1.807) is 0 Å². The van der Waals surface area contributed by atoms with Gasteiger partial charge in [-0.1, -0.05) is 70.8 Å². The molecule has 0 atom stereocenters. The molecule has 11 heteroatoms. The van der Waals surface area contributed by atoms with E-state index < -0.39 is 42.2 Å². The van der Waals surface area contributed by atoms with Gasteiger partial charge in [-0.15, -0.1) is 0 Å². The molecule has 0 saturated heterocycles. The second-order valence-corrected chi connectivity index (χ2v) is 15.7. The van der Waals surface area contributed by atoms with Gasteiger partial charge in [-0.05, 0) is 76.2 Å². The van der Waals surface area contributed by atoms with Gasteiger partial charge in [0, 0.05) is 0 Å². The van der Waals surface area contributed by atoms with Crippen LogP contribution in [0.1, 0.15) is 22.3 Å². The van der Waals surface area contributed by atoms with E-state index in [0.29, 0.717) is 0 Å². The fourth-order valence-electron chi connectivity index (χ4n) is 3.42. The first-order chi connectivity index (χ1) is 21.3. The third-order valence-electron chi connectivity index (χ3n) is 5.86. The molecule has 0 radical (unpaired) electrons. The summed E-state index contributed by atoms with van der Waals surface area (Å²) in [7, 11) is -3.20. The number of rotatable bonds is 6. The molecule has 5 rings (SSSR count). The molecule has 0 aliphatic rings. The molecule has 5 aromatic rings. The second-order valence-electron chi connectivity index (χ2n) is 9.68. The molecule has 0 heterocycles. The Labute approximate surface area is 280 Å². The van der Waals surface area contributed by atoms with E-state index in [4.69, 9.17) is 0 Å². The molecule has 0 unspecified atom stereocenters. The fraction of sp³-hybridized carbons (Fsp3) is 0.118. The molecule has 0 bridgehead atoms. The van der Waals surface area contributed by atoms with Gasteiger partial charge in [0.1, 0.15) is 7.32 Å². The molecule has 0 fully saturated rings. The molecule has 0 aliphatic carbocycles. The summed E-state index contributed by atoms with van der Waals surface area (Å²) in [5, 5.41) is 19.7. The van der Waals surface area contributed by atoms with Gasteiger partial charge in [0.15, 0.2) is 20.0 Å². The smallest absolute Gasteiger partial charge is 0.357 e. The Morgan fingerprint density at radius 1 is 0.422 bits per heavy atom. The van der Waals surface area contributed by atoms with Crippen LogP contribution in [0, 0.1) is 71.1 Å². The van der Waals surface area contributed by atoms with E-state index in [2.05, 4.69) is 129 Å². The zero-order valence-electron chi connectivity index (χ0n) is 24.7. The van der Waals surface area contributed by atoms with Crippen LogP contribution in [0.15, 0.2) is 97.1 Å². The highest BCUT2D eigenvalue weighted by Crippen LogP contribution is 2.28. The maximum Gasteiger partial charge on any atom is 0.357 e. The summed E-state index contributed by atoms with van der Waals surface area (Å²) < 4.78 is 71.8. The lowest BCUT2D eigenvalue weighted by Gasteiger charge is -2.27. The van der Waals surface area contributed by atoms with Crippen molar-refractivity contribution < 1.29 is 79.1 Å². The molecular weight excluding hydrogens is 816 g/mol. The second kappa shape index (κ2) is 17.6. The minimum Gasteiger partial charge on any atom is -0.860 e. The van der Waals surface area contributed by atoms with Gasteiger partial charge in [-0.2, -0.15) is 8.78 Å². The van der Waals surface area contributed by atoms with Crippen LogP contribution in [0.3, 0.4) is 0 Å². The zero-order valence-corrected chi connectivity index (χ0v) is 29.0. The van der Waals surface area contributed by atoms with Crippen molar-refractivity contribution in [2.24, 2.45) is 0 Å². The van der Waals surface area contributed by atoms with E-state index in [1.165, 1.54) is 36.5 Å². The Hall–Kier alpha value is -3.01. The van der Waals surface area contributed by atoms with Crippen LogP contribution >= 0.6 is 0 Å². The van der Waals surface area contributed by atoms with Crippen LogP contribution in [0.4, 0.5) is 22.0 Å². The minimum absolute atomic E-state index is 0.00313. The first kappa shape index (κ1) is 36.5. The Kier molecular flexibility index (Phi) is 14.3. The Morgan fingerprint density at radius 3 is 0.867 bits per heavy atom. The molecule has 5 aromatic carbocycles. The molecule has 0 aliphatic heterocycles. The van der Waals surface area contributed by atoms with Crippen LogP contribution in [0.25, 0.3) is 0 Å². The van der Waals surface area contributed by atoms with Crippen LogP contribution < -0.4 is 57.1 Å². The summed E-state index contributed by atoms with van der Waals surface area (Å²) in [6.07, 6.45) is 0. The number of aryl methyl sites for hydroxylation is 4. The molecule has 0 spiro atoms. The van der Waals surface area contributed by atoms with Gasteiger partial charge in [0.2, 0.25) is 29.1 Å². The highest BCUT2D eigenvalue weighted by atomic mass is 127. The van der Waals surface area contributed by atoms with Crippen LogP contribution in [0.2, 0.25) is 0 Å². The van der Waals surface area contributed by atoms with Crippen molar-refractivity contribution in [2.75, 3.05) is 0 Å². The molecule has 3 nitrogen and oxygen atoms in total. The largest absolute Gasteiger partial charge is 0.860 e. The van der Waals surface area contributed by atoms with Crippen molar-refractivity contribution >= 4 is 7.32 Å². The summed E-state index contributed by atoms with van der Waals surface area (Å²) >= 11 is 0.00627. The quantitative estimate of drug-likeness (QED) is 0.0816. The van der Waals surface area contributed by atoms with Gasteiger partial charge in [-0.25, -0.2) is 13.2 Å². The predicted molar refractivity (Wildman–Crippen MR) is 152 cm³/mol. The minimum atomic E-state index is -3.20. The maximum atomic E-state index is 12.6. The number of hydrogen-bond donors (Lipinski definition) is 0. The zero-order chi connectivity index (χ0) is 33.1. The standard InChI is InChI=1S/2C14H14I.C6BF5O3/c2*1-11-3-7-13(8-4-11)15-14-9-5-12(2)6-10-14;8-1-2(9)4(11)6(15-7(13)14)5(12)3(1)10/h2*3-10H,1-2H3;/q2*+1;-2. The Morgan fingerprint density at radius 2 is 0.644 bits per heavy atom. The normalized spacial score (nSPS) is 10.3. The number of halogens is 7. The lowest BCUT2D eigenvalue weighted by atomic mass is 10.2. The Balaban J connectivity index is 0.000000184. The summed E-state index contributed by atoms with van der Waals surface area (Å²) in [5.41, 5.74) is 5.36. The van der Waals surface area contributed by atoms with Crippen molar-refractivity contribution in [2.45, 2.75) is 27.7 Å². The number of hydrogen-bond acceptors (Lipinski definition) is 3. The predicted octanol–water partition coefficient (Wildman–Crippen LogP) is 0.330. The van der Waals surface area contributed by atoms with Crippen LogP contribution in [-0.4, -0.2) is 7.32 Å². The summed E-state index contributed by atoms with van der Waals surface area (Å²) in [4.78, 5) is 0. The van der Waals surface area contributed by atoms with Gasteiger partial charge < -0.3 is 14.7 Å². The first-order valence-corrected chi connectivity index (χ1v) is 17.7. The van der Waals surface area contributed by atoms with Crippen molar-refractivity contribution in [3.8, 4) is 5.75 Å². The molecule has 0 aromatic heterocycles. The monoisotopic (exact) mass is 844 g/mol. The van der Waals surface area contributed by atoms with Crippen molar-refractivity contribution in [3.63, 3.8) is 0 Å². The van der Waals surface area contributed by atoms with E-state index >= 15 is 0 Å². The van der Waals surface area contributed by atoms with E-state index in [0.717, 1.165) is 0 Å². The molecule has 0 amide bonds. The third-order valence-corrected chi connectivity index (χ3v) is 11.2. The lowest BCUT2D eigenvalue weighted by Crippen LogP contribution is -3.61. The highest BCUT2D eigenvalue weighted by molar-refractivity contribution is 6.29. The molecule has 45 heavy (non-hydrogen) atoms. The van der Waals surface area contributed by atoms with Crippen molar-refractivity contribution in [1.29, 1.82) is 0 Å². The average Bonchev–Trinajstić information content (AvgIpc) is 3.02. The summed E-state index contributed by atoms with van der Waals surface area (Å²) in [6.45, 7) is 8.53. The highest BCUT2D eigenvalue weighted by Gasteiger charge is 2.26. The number of benzene rings is 5. The van der Waals surface area contributed by atoms with Crippen molar-refractivity contribution in [3.05, 3.63) is 163 Å². The summed E-state index contributed by atoms with van der Waals surface area (Å²) in [6, 6.07) is 35.6. The molecule has 0 N–H and O–H groups in total. The topological polar surface area (TPSA) is 55.3 Å². The van der Waals surface area contributed by atoms with Gasteiger partial charge >= 0.3 is 42.4 Å². The first-order valence-electron chi connectivity index (χ1n) is 13.4. The maximum absolute atomic E-state index is 12.6. The molecule has 0 saturated carbocycles. The van der Waals surface area contributed by atoms with Crippen molar-refractivity contribution in [1.82, 2.24) is 0 Å². The fourth-order valence-corrected chi connectivity index (χ4v) is 7.74. The van der Waals surface area contributed by atoms with Crippen LogP contribution in [-0.2, 0) is 0 Å². The average molecular weight is 844 g/mol. The van der Waals surface area contributed by atoms with E-state index in [9.17, 15) is 32.0 Å². The lowest BCUT2D eigenvalue weighted by molar-refractivity contribution is -0.597. The van der Waals surface area contributed by atoms with Gasteiger partial charge in [-0.3, -0.25) is 0 Å². The molecular formula is C34H28BF5I2O3. The van der Waals surface area contributed by atoms with Gasteiger partial charge in [0.25, 0.3) is 0 Å². The van der Waals surface area contributed by atoms with Crippen LogP contribution in [0.5, 0.6) is 5.75 Å². The summed E-state index contributed by atoms with van der Waals surface area (Å²) in [5.74, 6) is -13.6. The Bertz CT molecular complexity index is 1460. The molecule has 234 valence electrons. The SMILES string of the molecule is Cc1ccc([I+]c2ccc(C)cc2)cc1.Cc1ccc([I+]c2ccc(C)cc2)cc1.[O-]B([O-])Oc1c(F)c(F)c(F)c(F)c1F.